The number of aromatic nitrogens is 2. The molecule has 10 aliphatic rings. The number of allylic oxidation sites excluding steroid dienone is 4. The van der Waals surface area contributed by atoms with Crippen LogP contribution in [0.1, 0.15) is 88.4 Å². The van der Waals surface area contributed by atoms with Crippen LogP contribution in [0.5, 0.6) is 0 Å². The Kier molecular flexibility index (Phi) is 7.12. The highest BCUT2D eigenvalue weighted by Gasteiger charge is 2.67. The lowest BCUT2D eigenvalue weighted by Crippen LogP contribution is -2.78. The van der Waals surface area contributed by atoms with Gasteiger partial charge in [-0.15, -0.1) is 0 Å². The van der Waals surface area contributed by atoms with E-state index in [9.17, 15) is 0 Å². The van der Waals surface area contributed by atoms with Crippen molar-refractivity contribution in [2.24, 2.45) is 23.7 Å². The smallest absolute Gasteiger partial charge is 0.287 e. The molecule has 2 unspecified atom stereocenters. The standard InChI is InChI=1S/C45H62N8/c1-46-21-13-29(14-22-46)41-33-5-7-35-42(30-15-23-47(2)24-16-30)37-9-11-39-44(32-19-27-49(4)28-20-32)40-12-10-38-43(31-17-25-48(3)26-18-31)36-8-6-34(41)51(36)45(50(33)35,52(37)39)53(38)40/h5,7,10,12,29-32,34,37H,6,8-9,11,13-28H2,1-4H3. The lowest BCUT2D eigenvalue weighted by molar-refractivity contribution is -0.141. The maximum absolute atomic E-state index is 3.16. The fraction of sp³-hybridized carbons (Fsp3) is 0.689. The fourth-order valence-electron chi connectivity index (χ4n) is 14.1. The summed E-state index contributed by atoms with van der Waals surface area (Å²) in [6, 6.07) is 11.5. The molecular formula is C45H62N8. The molecule has 8 heteroatoms. The number of piperidine rings is 4. The summed E-state index contributed by atoms with van der Waals surface area (Å²) >= 11 is 0. The Morgan fingerprint density at radius 3 is 1.17 bits per heavy atom. The maximum atomic E-state index is 3.16. The van der Waals surface area contributed by atoms with Crippen LogP contribution < -0.4 is 10.7 Å². The summed E-state index contributed by atoms with van der Waals surface area (Å²) in [5, 5.41) is 3.20. The van der Waals surface area contributed by atoms with Gasteiger partial charge < -0.3 is 29.4 Å². The number of likely N-dealkylation sites (tertiary alicyclic amines) is 4. The minimum absolute atomic E-state index is 0.344. The van der Waals surface area contributed by atoms with Crippen LogP contribution in [0.15, 0.2) is 35.7 Å². The van der Waals surface area contributed by atoms with E-state index in [1.54, 1.807) is 55.8 Å². The van der Waals surface area contributed by atoms with Gasteiger partial charge in [-0.3, -0.25) is 9.13 Å². The Balaban J connectivity index is 1.18. The van der Waals surface area contributed by atoms with Crippen LogP contribution in [0, 0.1) is 23.7 Å². The van der Waals surface area contributed by atoms with E-state index in [-0.39, 0.29) is 5.91 Å². The first kappa shape index (κ1) is 32.5. The van der Waals surface area contributed by atoms with Gasteiger partial charge in [0.15, 0.2) is 0 Å². The largest absolute Gasteiger partial charge is 0.310 e. The molecule has 0 aromatic carbocycles. The van der Waals surface area contributed by atoms with E-state index in [2.05, 4.69) is 91.0 Å². The first-order valence-electron chi connectivity index (χ1n) is 21.9. The lowest BCUT2D eigenvalue weighted by atomic mass is 9.80. The molecule has 282 valence electrons. The van der Waals surface area contributed by atoms with Crippen LogP contribution >= 0.6 is 0 Å². The van der Waals surface area contributed by atoms with Crippen LogP contribution in [-0.4, -0.2) is 131 Å². The van der Waals surface area contributed by atoms with Gasteiger partial charge >= 0.3 is 0 Å². The molecule has 53 heavy (non-hydrogen) atoms. The minimum atomic E-state index is -0.344. The molecule has 6 fully saturated rings. The Labute approximate surface area is 317 Å². The van der Waals surface area contributed by atoms with Crippen LogP contribution in [0.2, 0.25) is 0 Å². The zero-order valence-corrected chi connectivity index (χ0v) is 33.0. The van der Waals surface area contributed by atoms with Gasteiger partial charge in [-0.1, -0.05) is 0 Å². The topological polar surface area (TPSA) is 29.3 Å². The highest BCUT2D eigenvalue weighted by atomic mass is 15.7. The molecule has 0 N–H and O–H groups in total. The number of hydrogen-bond donors (Lipinski definition) is 0. The molecular weight excluding hydrogens is 653 g/mol. The Morgan fingerprint density at radius 2 is 0.792 bits per heavy atom. The summed E-state index contributed by atoms with van der Waals surface area (Å²) in [4.78, 5) is 16.6. The van der Waals surface area contributed by atoms with Crippen molar-refractivity contribution in [3.8, 4) is 0 Å². The second kappa shape index (κ2) is 11.6. The maximum Gasteiger partial charge on any atom is 0.287 e. The quantitative estimate of drug-likeness (QED) is 0.465. The molecule has 6 saturated heterocycles. The third kappa shape index (κ3) is 4.22. The summed E-state index contributed by atoms with van der Waals surface area (Å²) in [5.41, 5.74) is 13.7. The fourth-order valence-corrected chi connectivity index (χ4v) is 14.1. The van der Waals surface area contributed by atoms with E-state index in [1.165, 1.54) is 129 Å². The van der Waals surface area contributed by atoms with Gasteiger partial charge in [0.25, 0.3) is 5.91 Å². The summed E-state index contributed by atoms with van der Waals surface area (Å²) in [6.45, 7) is 9.78. The molecule has 2 aromatic heterocycles. The average Bonchev–Trinajstić information content (AvgIpc) is 3.99. The van der Waals surface area contributed by atoms with Crippen molar-refractivity contribution in [3.05, 3.63) is 57.7 Å². The van der Waals surface area contributed by atoms with Crippen molar-refractivity contribution in [2.75, 3.05) is 80.5 Å². The van der Waals surface area contributed by atoms with E-state index in [4.69, 9.17) is 0 Å². The zero-order chi connectivity index (χ0) is 35.3. The molecule has 12 heterocycles. The van der Waals surface area contributed by atoms with Crippen LogP contribution in [0.4, 0.5) is 0 Å². The molecule has 0 bridgehead atoms. The molecule has 2 aromatic rings. The third-order valence-electron chi connectivity index (χ3n) is 16.6. The average molecular weight is 715 g/mol. The highest BCUT2D eigenvalue weighted by Crippen LogP contribution is 2.63. The molecule has 0 amide bonds. The normalized spacial score (nSPS) is 33.2. The molecule has 12 rings (SSSR count). The van der Waals surface area contributed by atoms with Crippen molar-refractivity contribution >= 4 is 22.3 Å². The summed E-state index contributed by atoms with van der Waals surface area (Å²) in [5.74, 6) is 2.28. The van der Waals surface area contributed by atoms with Crippen molar-refractivity contribution in [1.82, 2.24) is 38.5 Å². The SMILES string of the molecule is CN1CCC(C2=C3CCC4C(C5CCN(C)CC5)=c5ccc6n5C5(N34)N3C(=C(C4CCN(C)CC4)c4ccc2n45)CCC3C=6C2CCN(C)CC2)CC1. The number of rotatable bonds is 4. The van der Waals surface area contributed by atoms with Crippen LogP contribution in [0.25, 0.3) is 22.3 Å². The van der Waals surface area contributed by atoms with Gasteiger partial charge in [0.05, 0.1) is 23.5 Å². The van der Waals surface area contributed by atoms with Gasteiger partial charge in [-0.2, -0.15) is 0 Å². The molecule has 8 nitrogen and oxygen atoms in total. The molecule has 2 atom stereocenters. The van der Waals surface area contributed by atoms with Gasteiger partial charge in [0.2, 0.25) is 0 Å². The second-order valence-corrected chi connectivity index (χ2v) is 19.3. The first-order chi connectivity index (χ1) is 25.9. The van der Waals surface area contributed by atoms with E-state index in [0.29, 0.717) is 35.8 Å². The van der Waals surface area contributed by atoms with E-state index in [0.717, 1.165) is 0 Å². The zero-order valence-electron chi connectivity index (χ0n) is 33.0. The highest BCUT2D eigenvalue weighted by molar-refractivity contribution is 5.81. The molecule has 0 aliphatic carbocycles. The first-order valence-corrected chi connectivity index (χ1v) is 21.9. The van der Waals surface area contributed by atoms with Crippen molar-refractivity contribution in [2.45, 2.75) is 95.0 Å². The number of hydrogen-bond acceptors (Lipinski definition) is 6. The van der Waals surface area contributed by atoms with Gasteiger partial charge in [0, 0.05) is 22.1 Å². The van der Waals surface area contributed by atoms with E-state index >= 15 is 0 Å². The third-order valence-corrected chi connectivity index (χ3v) is 16.6. The van der Waals surface area contributed by atoms with Crippen molar-refractivity contribution < 1.29 is 0 Å². The van der Waals surface area contributed by atoms with Crippen LogP contribution in [-0.2, 0) is 5.91 Å². The monoisotopic (exact) mass is 715 g/mol. The Hall–Kier alpha value is -2.78. The molecule has 0 radical (unpaired) electrons. The predicted octanol–water partition coefficient (Wildman–Crippen LogP) is 4.48. The van der Waals surface area contributed by atoms with Crippen molar-refractivity contribution in [1.29, 1.82) is 0 Å². The van der Waals surface area contributed by atoms with E-state index < -0.39 is 0 Å². The Bertz CT molecular complexity index is 1890. The second-order valence-electron chi connectivity index (χ2n) is 19.3. The van der Waals surface area contributed by atoms with Gasteiger partial charge in [-0.25, -0.2) is 0 Å². The van der Waals surface area contributed by atoms with Crippen LogP contribution in [0.3, 0.4) is 0 Å². The van der Waals surface area contributed by atoms with E-state index in [1.807, 2.05) is 0 Å². The Morgan fingerprint density at radius 1 is 0.434 bits per heavy atom. The summed E-state index contributed by atoms with van der Waals surface area (Å²) < 4.78 is 6.06. The van der Waals surface area contributed by atoms with Gasteiger partial charge in [0.1, 0.15) is 0 Å². The van der Waals surface area contributed by atoms with Gasteiger partial charge in [-0.05, 0) is 228 Å². The summed E-state index contributed by atoms with van der Waals surface area (Å²) in [7, 11) is 9.36. The lowest BCUT2D eigenvalue weighted by Gasteiger charge is -2.64. The summed E-state index contributed by atoms with van der Waals surface area (Å²) in [6.07, 6.45) is 15.4. The number of nitrogens with zero attached hydrogens (tertiary/aromatic N) is 8. The van der Waals surface area contributed by atoms with Crippen molar-refractivity contribution in [3.63, 3.8) is 0 Å². The minimum Gasteiger partial charge on any atom is -0.310 e. The predicted molar refractivity (Wildman–Crippen MR) is 213 cm³/mol. The molecule has 0 saturated carbocycles. The molecule has 10 aliphatic heterocycles. The molecule has 1 spiro atoms.